The van der Waals surface area contributed by atoms with Crippen LogP contribution in [0.5, 0.6) is 0 Å². The van der Waals surface area contributed by atoms with Gasteiger partial charge in [0.15, 0.2) is 0 Å². The van der Waals surface area contributed by atoms with Gasteiger partial charge in [0.05, 0.1) is 5.60 Å². The van der Waals surface area contributed by atoms with Crippen LogP contribution >= 0.6 is 0 Å². The first-order valence-corrected chi connectivity index (χ1v) is 6.22. The molecular formula is C15H25NO. The van der Waals surface area contributed by atoms with Gasteiger partial charge in [0.1, 0.15) is 0 Å². The lowest BCUT2D eigenvalue weighted by Crippen LogP contribution is -2.34. The topological polar surface area (TPSA) is 32.3 Å². The maximum absolute atomic E-state index is 9.68. The smallest absolute Gasteiger partial charge is 0.0715 e. The highest BCUT2D eigenvalue weighted by atomic mass is 16.3. The van der Waals surface area contributed by atoms with E-state index in [9.17, 15) is 5.11 Å². The monoisotopic (exact) mass is 235 g/mol. The molecule has 0 bridgehead atoms. The normalized spacial score (nSPS) is 11.9. The molecule has 2 nitrogen and oxygen atoms in total. The van der Waals surface area contributed by atoms with Gasteiger partial charge in [-0.15, -0.1) is 0 Å². The van der Waals surface area contributed by atoms with Crippen molar-refractivity contribution in [2.24, 2.45) is 0 Å². The molecule has 0 unspecified atom stereocenters. The summed E-state index contributed by atoms with van der Waals surface area (Å²) >= 11 is 0. The van der Waals surface area contributed by atoms with Crippen LogP contribution in [0.3, 0.4) is 0 Å². The molecule has 0 saturated carbocycles. The van der Waals surface area contributed by atoms with Gasteiger partial charge in [-0.2, -0.15) is 0 Å². The predicted molar refractivity (Wildman–Crippen MR) is 73.4 cm³/mol. The second-order valence-corrected chi connectivity index (χ2v) is 5.65. The summed E-state index contributed by atoms with van der Waals surface area (Å²) in [6.07, 6.45) is 0. The molecule has 2 N–H and O–H groups in total. The highest BCUT2D eigenvalue weighted by molar-refractivity contribution is 5.43. The number of benzene rings is 1. The van der Waals surface area contributed by atoms with E-state index in [0.29, 0.717) is 6.54 Å². The van der Waals surface area contributed by atoms with Crippen LogP contribution in [0.15, 0.2) is 6.07 Å². The lowest BCUT2D eigenvalue weighted by Gasteiger charge is -2.20. The van der Waals surface area contributed by atoms with Crippen LogP contribution in [0, 0.1) is 27.7 Å². The summed E-state index contributed by atoms with van der Waals surface area (Å²) in [5, 5.41) is 13.0. The molecule has 0 aliphatic carbocycles. The summed E-state index contributed by atoms with van der Waals surface area (Å²) in [6, 6.07) is 2.24. The highest BCUT2D eigenvalue weighted by Crippen LogP contribution is 2.21. The van der Waals surface area contributed by atoms with E-state index >= 15 is 0 Å². The maximum atomic E-state index is 9.68. The minimum Gasteiger partial charge on any atom is -0.389 e. The van der Waals surface area contributed by atoms with Crippen molar-refractivity contribution in [1.82, 2.24) is 5.32 Å². The summed E-state index contributed by atoms with van der Waals surface area (Å²) in [6.45, 7) is 13.7. The zero-order valence-corrected chi connectivity index (χ0v) is 11.9. The molecular weight excluding hydrogens is 210 g/mol. The van der Waals surface area contributed by atoms with Crippen LogP contribution in [0.25, 0.3) is 0 Å². The van der Waals surface area contributed by atoms with Crippen LogP contribution in [-0.2, 0) is 6.54 Å². The largest absolute Gasteiger partial charge is 0.389 e. The van der Waals surface area contributed by atoms with Crippen molar-refractivity contribution in [3.63, 3.8) is 0 Å². The van der Waals surface area contributed by atoms with E-state index in [4.69, 9.17) is 0 Å². The van der Waals surface area contributed by atoms with Gasteiger partial charge in [-0.05, 0) is 69.4 Å². The molecule has 0 spiro atoms. The average molecular weight is 235 g/mol. The van der Waals surface area contributed by atoms with Crippen molar-refractivity contribution in [3.05, 3.63) is 33.9 Å². The Hall–Kier alpha value is -0.860. The Morgan fingerprint density at radius 3 is 1.94 bits per heavy atom. The Labute approximate surface area is 105 Å². The Bertz CT molecular complexity index is 376. The third-order valence-corrected chi connectivity index (χ3v) is 3.38. The average Bonchev–Trinajstić information content (AvgIpc) is 2.19. The van der Waals surface area contributed by atoms with Gasteiger partial charge in [-0.3, -0.25) is 0 Å². The fraction of sp³-hybridized carbons (Fsp3) is 0.600. The van der Waals surface area contributed by atoms with Crippen LogP contribution in [0.2, 0.25) is 0 Å². The molecule has 0 heterocycles. The van der Waals surface area contributed by atoms with E-state index < -0.39 is 5.60 Å². The van der Waals surface area contributed by atoms with E-state index in [-0.39, 0.29) is 0 Å². The molecule has 0 fully saturated rings. The number of rotatable bonds is 4. The Morgan fingerprint density at radius 2 is 1.53 bits per heavy atom. The molecule has 1 aromatic rings. The quantitative estimate of drug-likeness (QED) is 0.841. The SMILES string of the molecule is Cc1cc(C)c(C)c(CNCC(C)(C)O)c1C. The number of hydrogen-bond donors (Lipinski definition) is 2. The predicted octanol–water partition coefficient (Wildman–Crippen LogP) is 2.78. The van der Waals surface area contributed by atoms with Gasteiger partial charge in [-0.1, -0.05) is 6.07 Å². The lowest BCUT2D eigenvalue weighted by molar-refractivity contribution is 0.0794. The first-order valence-electron chi connectivity index (χ1n) is 6.22. The van der Waals surface area contributed by atoms with Crippen LogP contribution in [-0.4, -0.2) is 17.3 Å². The minimum absolute atomic E-state index is 0.610. The Balaban J connectivity index is 2.84. The molecule has 0 aliphatic heterocycles. The molecule has 0 radical (unpaired) electrons. The van der Waals surface area contributed by atoms with Gasteiger partial charge in [0.2, 0.25) is 0 Å². The number of hydrogen-bond acceptors (Lipinski definition) is 2. The van der Waals surface area contributed by atoms with Crippen molar-refractivity contribution in [2.45, 2.75) is 53.7 Å². The molecule has 0 saturated heterocycles. The summed E-state index contributed by atoms with van der Waals surface area (Å²) < 4.78 is 0. The van der Waals surface area contributed by atoms with Crippen molar-refractivity contribution in [1.29, 1.82) is 0 Å². The molecule has 1 rings (SSSR count). The van der Waals surface area contributed by atoms with E-state index in [1.54, 1.807) is 0 Å². The van der Waals surface area contributed by atoms with Crippen LogP contribution in [0.4, 0.5) is 0 Å². The summed E-state index contributed by atoms with van der Waals surface area (Å²) in [5.74, 6) is 0. The standard InChI is InChI=1S/C15H25NO/c1-10-7-11(2)13(4)14(12(10)3)8-16-9-15(5,6)17/h7,16-17H,8-9H2,1-6H3. The van der Waals surface area contributed by atoms with Crippen molar-refractivity contribution in [2.75, 3.05) is 6.54 Å². The third-order valence-electron chi connectivity index (χ3n) is 3.38. The van der Waals surface area contributed by atoms with E-state index in [0.717, 1.165) is 6.54 Å². The Morgan fingerprint density at radius 1 is 1.06 bits per heavy atom. The van der Waals surface area contributed by atoms with Gasteiger partial charge in [0, 0.05) is 13.1 Å². The number of aliphatic hydroxyl groups is 1. The first-order chi connectivity index (χ1) is 7.72. The van der Waals surface area contributed by atoms with E-state index in [1.807, 2.05) is 13.8 Å². The number of nitrogens with one attached hydrogen (secondary N) is 1. The van der Waals surface area contributed by atoms with Gasteiger partial charge in [-0.25, -0.2) is 0 Å². The molecule has 2 heteroatoms. The molecule has 0 atom stereocenters. The molecule has 0 aliphatic rings. The van der Waals surface area contributed by atoms with Gasteiger partial charge >= 0.3 is 0 Å². The minimum atomic E-state index is -0.652. The molecule has 17 heavy (non-hydrogen) atoms. The van der Waals surface area contributed by atoms with Gasteiger partial charge in [0.25, 0.3) is 0 Å². The fourth-order valence-corrected chi connectivity index (χ4v) is 2.06. The van der Waals surface area contributed by atoms with Crippen molar-refractivity contribution >= 4 is 0 Å². The molecule has 96 valence electrons. The summed E-state index contributed by atoms with van der Waals surface area (Å²) in [4.78, 5) is 0. The second-order valence-electron chi connectivity index (χ2n) is 5.65. The first kappa shape index (κ1) is 14.2. The molecule has 0 aromatic heterocycles. The highest BCUT2D eigenvalue weighted by Gasteiger charge is 2.13. The Kier molecular flexibility index (Phi) is 4.34. The maximum Gasteiger partial charge on any atom is 0.0715 e. The lowest BCUT2D eigenvalue weighted by atomic mass is 9.94. The van der Waals surface area contributed by atoms with Gasteiger partial charge < -0.3 is 10.4 Å². The van der Waals surface area contributed by atoms with E-state index in [1.165, 1.54) is 27.8 Å². The van der Waals surface area contributed by atoms with E-state index in [2.05, 4.69) is 39.1 Å². The van der Waals surface area contributed by atoms with Crippen molar-refractivity contribution < 1.29 is 5.11 Å². The molecule has 1 aromatic carbocycles. The fourth-order valence-electron chi connectivity index (χ4n) is 2.06. The zero-order chi connectivity index (χ0) is 13.2. The summed E-state index contributed by atoms with van der Waals surface area (Å²) in [7, 11) is 0. The van der Waals surface area contributed by atoms with Crippen LogP contribution in [0.1, 0.15) is 41.7 Å². The van der Waals surface area contributed by atoms with Crippen molar-refractivity contribution in [3.8, 4) is 0 Å². The molecule has 0 amide bonds. The third kappa shape index (κ3) is 3.83. The van der Waals surface area contributed by atoms with Crippen LogP contribution < -0.4 is 5.32 Å². The summed E-state index contributed by atoms with van der Waals surface area (Å²) in [5.41, 5.74) is 6.11. The second kappa shape index (κ2) is 5.19. The number of aryl methyl sites for hydroxylation is 2. The zero-order valence-electron chi connectivity index (χ0n) is 11.9.